The van der Waals surface area contributed by atoms with Crippen LogP contribution in [0.1, 0.15) is 51.5 Å². The maximum absolute atomic E-state index is 12.8. The van der Waals surface area contributed by atoms with E-state index in [-0.39, 0.29) is 0 Å². The van der Waals surface area contributed by atoms with Crippen LogP contribution in [0, 0.1) is 0 Å². The minimum atomic E-state index is -3.38. The molecule has 0 aromatic heterocycles. The molecule has 1 unspecified atom stereocenters. The number of hydrogen-bond acceptors (Lipinski definition) is 4. The molecular formula is C22H37N5O2S. The lowest BCUT2D eigenvalue weighted by Gasteiger charge is -2.25. The molecule has 30 heavy (non-hydrogen) atoms. The molecule has 3 rings (SSSR count). The molecule has 8 heteroatoms. The zero-order valence-electron chi connectivity index (χ0n) is 18.4. The first-order chi connectivity index (χ1) is 14.5. The van der Waals surface area contributed by atoms with Gasteiger partial charge >= 0.3 is 0 Å². The Kier molecular flexibility index (Phi) is 8.53. The second-order valence-electron chi connectivity index (χ2n) is 8.11. The number of sulfonamides is 1. The first kappa shape index (κ1) is 23.0. The van der Waals surface area contributed by atoms with Crippen molar-refractivity contribution in [2.24, 2.45) is 4.99 Å². The summed E-state index contributed by atoms with van der Waals surface area (Å²) >= 11 is 0. The van der Waals surface area contributed by atoms with E-state index in [9.17, 15) is 8.42 Å². The second-order valence-corrected chi connectivity index (χ2v) is 10.0. The molecule has 2 saturated heterocycles. The molecule has 2 fully saturated rings. The molecule has 2 N–H and O–H groups in total. The summed E-state index contributed by atoms with van der Waals surface area (Å²) in [5.74, 6) is 0.811. The Hall–Kier alpha value is -1.64. The highest BCUT2D eigenvalue weighted by molar-refractivity contribution is 7.89. The van der Waals surface area contributed by atoms with Crippen LogP contribution in [0.3, 0.4) is 0 Å². The van der Waals surface area contributed by atoms with Crippen molar-refractivity contribution in [1.29, 1.82) is 0 Å². The summed E-state index contributed by atoms with van der Waals surface area (Å²) in [5.41, 5.74) is 1.00. The molecule has 0 saturated carbocycles. The van der Waals surface area contributed by atoms with Gasteiger partial charge in [0, 0.05) is 32.2 Å². The van der Waals surface area contributed by atoms with Crippen LogP contribution < -0.4 is 10.6 Å². The highest BCUT2D eigenvalue weighted by atomic mass is 32.2. The lowest BCUT2D eigenvalue weighted by atomic mass is 10.2. The summed E-state index contributed by atoms with van der Waals surface area (Å²) in [5, 5.41) is 6.78. The summed E-state index contributed by atoms with van der Waals surface area (Å²) in [6.45, 7) is 10.0. The smallest absolute Gasteiger partial charge is 0.243 e. The summed E-state index contributed by atoms with van der Waals surface area (Å²) in [7, 11) is -3.38. The average molecular weight is 436 g/mol. The molecule has 0 spiro atoms. The fraction of sp³-hybridized carbons (Fsp3) is 0.682. The van der Waals surface area contributed by atoms with Gasteiger partial charge in [-0.2, -0.15) is 4.31 Å². The van der Waals surface area contributed by atoms with Gasteiger partial charge in [-0.25, -0.2) is 13.4 Å². The molecule has 0 amide bonds. The molecule has 0 aliphatic carbocycles. The van der Waals surface area contributed by atoms with Crippen LogP contribution in [-0.2, 0) is 16.6 Å². The number of piperidine rings is 1. The van der Waals surface area contributed by atoms with Gasteiger partial charge in [0.2, 0.25) is 10.0 Å². The quantitative estimate of drug-likeness (QED) is 0.484. The van der Waals surface area contributed by atoms with Gasteiger partial charge in [0.15, 0.2) is 5.96 Å². The fourth-order valence-corrected chi connectivity index (χ4v) is 5.81. The normalized spacial score (nSPS) is 21.7. The number of likely N-dealkylation sites (N-methyl/N-ethyl adjacent to an activating group) is 1. The second kappa shape index (κ2) is 11.1. The van der Waals surface area contributed by atoms with Crippen LogP contribution in [-0.4, -0.2) is 68.9 Å². The van der Waals surface area contributed by atoms with E-state index in [1.165, 1.54) is 19.4 Å². The summed E-state index contributed by atoms with van der Waals surface area (Å²) in [6.07, 6.45) is 5.50. The average Bonchev–Trinajstić information content (AvgIpc) is 3.24. The standard InChI is InChI=1S/C22H37N5O2S/c1-3-23-22(25-18-20-9-8-14-26(20)4-2)24-17-19-10-12-21(13-11-19)30(28,29)27-15-6-5-7-16-27/h10-13,20H,3-9,14-18H2,1-2H3,(H2,23,24,25). The number of rotatable bonds is 8. The SMILES string of the molecule is CCNC(=NCc1ccc(S(=O)(=O)N2CCCCC2)cc1)NCC1CCCN1CC. The summed E-state index contributed by atoms with van der Waals surface area (Å²) in [6, 6.07) is 7.75. The predicted molar refractivity (Wildman–Crippen MR) is 122 cm³/mol. The summed E-state index contributed by atoms with van der Waals surface area (Å²) < 4.78 is 27.2. The molecule has 1 aromatic carbocycles. The first-order valence-electron chi connectivity index (χ1n) is 11.4. The Morgan fingerprint density at radius 1 is 1.03 bits per heavy atom. The minimum absolute atomic E-state index is 0.378. The van der Waals surface area contributed by atoms with Crippen molar-refractivity contribution in [2.75, 3.05) is 39.3 Å². The lowest BCUT2D eigenvalue weighted by Crippen LogP contribution is -2.44. The van der Waals surface area contributed by atoms with Crippen molar-refractivity contribution in [3.05, 3.63) is 29.8 Å². The molecular weight excluding hydrogens is 398 g/mol. The van der Waals surface area contributed by atoms with Gasteiger partial charge < -0.3 is 10.6 Å². The van der Waals surface area contributed by atoms with Gasteiger partial charge in [0.05, 0.1) is 11.4 Å². The Labute approximate surface area is 182 Å². The Bertz CT molecular complexity index is 788. The Balaban J connectivity index is 1.59. The zero-order valence-corrected chi connectivity index (χ0v) is 19.3. The number of likely N-dealkylation sites (tertiary alicyclic amines) is 1. The number of guanidine groups is 1. The summed E-state index contributed by atoms with van der Waals surface area (Å²) in [4.78, 5) is 7.58. The molecule has 2 heterocycles. The van der Waals surface area contributed by atoms with Crippen molar-refractivity contribution >= 4 is 16.0 Å². The van der Waals surface area contributed by atoms with Crippen molar-refractivity contribution < 1.29 is 8.42 Å². The monoisotopic (exact) mass is 435 g/mol. The van der Waals surface area contributed by atoms with Crippen LogP contribution in [0.15, 0.2) is 34.2 Å². The fourth-order valence-electron chi connectivity index (χ4n) is 4.29. The molecule has 2 aliphatic heterocycles. The van der Waals surface area contributed by atoms with E-state index < -0.39 is 10.0 Å². The minimum Gasteiger partial charge on any atom is -0.357 e. The van der Waals surface area contributed by atoms with Crippen LogP contribution >= 0.6 is 0 Å². The number of aliphatic imine (C=N–C) groups is 1. The third kappa shape index (κ3) is 5.95. The van der Waals surface area contributed by atoms with E-state index in [1.807, 2.05) is 12.1 Å². The topological polar surface area (TPSA) is 77.0 Å². The van der Waals surface area contributed by atoms with Crippen molar-refractivity contribution in [3.8, 4) is 0 Å². The number of hydrogen-bond donors (Lipinski definition) is 2. The highest BCUT2D eigenvalue weighted by Gasteiger charge is 2.25. The van der Waals surface area contributed by atoms with E-state index >= 15 is 0 Å². The molecule has 2 aliphatic rings. The number of nitrogens with zero attached hydrogens (tertiary/aromatic N) is 3. The molecule has 0 radical (unpaired) electrons. The van der Waals surface area contributed by atoms with Gasteiger partial charge in [-0.05, 0) is 63.4 Å². The number of benzene rings is 1. The molecule has 1 atom stereocenters. The number of nitrogens with one attached hydrogen (secondary N) is 2. The highest BCUT2D eigenvalue weighted by Crippen LogP contribution is 2.21. The van der Waals surface area contributed by atoms with Gasteiger partial charge in [0.1, 0.15) is 0 Å². The van der Waals surface area contributed by atoms with Crippen molar-refractivity contribution in [2.45, 2.75) is 63.4 Å². The van der Waals surface area contributed by atoms with Crippen LogP contribution in [0.25, 0.3) is 0 Å². The lowest BCUT2D eigenvalue weighted by molar-refractivity contribution is 0.267. The maximum atomic E-state index is 12.8. The molecule has 0 bridgehead atoms. The van der Waals surface area contributed by atoms with Crippen LogP contribution in [0.5, 0.6) is 0 Å². The molecule has 1 aromatic rings. The zero-order chi connectivity index (χ0) is 21.4. The Morgan fingerprint density at radius 3 is 2.43 bits per heavy atom. The van der Waals surface area contributed by atoms with E-state index in [2.05, 4.69) is 29.4 Å². The largest absolute Gasteiger partial charge is 0.357 e. The molecule has 7 nitrogen and oxygen atoms in total. The van der Waals surface area contributed by atoms with E-state index in [4.69, 9.17) is 4.99 Å². The van der Waals surface area contributed by atoms with Gasteiger partial charge in [-0.3, -0.25) is 4.90 Å². The van der Waals surface area contributed by atoms with Crippen LogP contribution in [0.2, 0.25) is 0 Å². The third-order valence-electron chi connectivity index (χ3n) is 6.05. The van der Waals surface area contributed by atoms with Crippen LogP contribution in [0.4, 0.5) is 0 Å². The van der Waals surface area contributed by atoms with Gasteiger partial charge in [0.25, 0.3) is 0 Å². The predicted octanol–water partition coefficient (Wildman–Crippen LogP) is 2.40. The van der Waals surface area contributed by atoms with Crippen molar-refractivity contribution in [3.63, 3.8) is 0 Å². The Morgan fingerprint density at radius 2 is 1.77 bits per heavy atom. The van der Waals surface area contributed by atoms with Gasteiger partial charge in [-0.15, -0.1) is 0 Å². The van der Waals surface area contributed by atoms with Gasteiger partial charge in [-0.1, -0.05) is 25.5 Å². The first-order valence-corrected chi connectivity index (χ1v) is 12.8. The molecule has 168 valence electrons. The third-order valence-corrected chi connectivity index (χ3v) is 7.96. The van der Waals surface area contributed by atoms with E-state index in [1.54, 1.807) is 16.4 Å². The maximum Gasteiger partial charge on any atom is 0.243 e. The van der Waals surface area contributed by atoms with E-state index in [0.717, 1.165) is 50.4 Å². The van der Waals surface area contributed by atoms with Crippen molar-refractivity contribution in [1.82, 2.24) is 19.8 Å². The van der Waals surface area contributed by atoms with E-state index in [0.29, 0.717) is 30.6 Å².